The largest absolute Gasteiger partial charge is 0.347 e. The molecular formula is C22H21N3O. The number of carbonyl (C=O) groups is 1. The number of carbonyl (C=O) groups excluding carboxylic acids is 1. The number of hydrogen-bond donors (Lipinski definition) is 1. The lowest BCUT2D eigenvalue weighted by atomic mass is 10.1. The van der Waals surface area contributed by atoms with Gasteiger partial charge < -0.3 is 10.2 Å². The summed E-state index contributed by atoms with van der Waals surface area (Å²) in [4.78, 5) is 19.1. The molecule has 0 fully saturated rings. The van der Waals surface area contributed by atoms with E-state index < -0.39 is 0 Å². The second kappa shape index (κ2) is 7.00. The molecule has 0 aliphatic carbocycles. The second-order valence-corrected chi connectivity index (χ2v) is 6.54. The molecule has 0 radical (unpaired) electrons. The van der Waals surface area contributed by atoms with E-state index in [0.29, 0.717) is 12.2 Å². The smallest absolute Gasteiger partial charge is 0.270 e. The number of fused-ring (bicyclic) bond motifs is 1. The average molecular weight is 343 g/mol. The fraction of sp³-hybridized carbons (Fsp3) is 0.182. The quantitative estimate of drug-likeness (QED) is 0.778. The Morgan fingerprint density at radius 1 is 1.12 bits per heavy atom. The number of aromatic nitrogens is 1. The summed E-state index contributed by atoms with van der Waals surface area (Å²) in [5, 5.41) is 2.97. The first-order valence-electron chi connectivity index (χ1n) is 8.86. The van der Waals surface area contributed by atoms with Gasteiger partial charge in [-0.3, -0.25) is 9.78 Å². The van der Waals surface area contributed by atoms with Gasteiger partial charge in [-0.1, -0.05) is 42.5 Å². The zero-order valence-corrected chi connectivity index (χ0v) is 14.8. The summed E-state index contributed by atoms with van der Waals surface area (Å²) in [5.74, 6) is -0.150. The summed E-state index contributed by atoms with van der Waals surface area (Å²) in [5.41, 5.74) is 6.29. The monoisotopic (exact) mass is 343 g/mol. The molecule has 1 amide bonds. The predicted molar refractivity (Wildman–Crippen MR) is 104 cm³/mol. The Bertz CT molecular complexity index is 951. The highest BCUT2D eigenvalue weighted by Crippen LogP contribution is 2.34. The van der Waals surface area contributed by atoms with E-state index in [1.54, 1.807) is 6.20 Å². The number of nitrogens with zero attached hydrogens (tertiary/aromatic N) is 2. The van der Waals surface area contributed by atoms with Crippen molar-refractivity contribution in [3.05, 3.63) is 89.2 Å². The zero-order chi connectivity index (χ0) is 17.9. The van der Waals surface area contributed by atoms with Gasteiger partial charge in [0.15, 0.2) is 0 Å². The number of benzene rings is 2. The highest BCUT2D eigenvalue weighted by Gasteiger charge is 2.20. The number of para-hydroxylation sites is 1. The Labute approximate surface area is 153 Å². The lowest BCUT2D eigenvalue weighted by molar-refractivity contribution is 0.0946. The third kappa shape index (κ3) is 3.18. The molecule has 1 N–H and O–H groups in total. The van der Waals surface area contributed by atoms with Crippen LogP contribution < -0.4 is 10.2 Å². The van der Waals surface area contributed by atoms with E-state index in [1.807, 2.05) is 49.4 Å². The van der Waals surface area contributed by atoms with Gasteiger partial charge >= 0.3 is 0 Å². The van der Waals surface area contributed by atoms with Crippen molar-refractivity contribution in [1.29, 1.82) is 0 Å². The van der Waals surface area contributed by atoms with Gasteiger partial charge in [0.25, 0.3) is 5.91 Å². The molecule has 1 aliphatic rings. The molecule has 0 saturated heterocycles. The van der Waals surface area contributed by atoms with E-state index in [-0.39, 0.29) is 5.91 Å². The van der Waals surface area contributed by atoms with Gasteiger partial charge in [0.05, 0.1) is 0 Å². The summed E-state index contributed by atoms with van der Waals surface area (Å²) >= 11 is 0. The topological polar surface area (TPSA) is 45.2 Å². The lowest BCUT2D eigenvalue weighted by Crippen LogP contribution is -2.24. The van der Waals surface area contributed by atoms with Crippen molar-refractivity contribution in [2.75, 3.05) is 11.4 Å². The van der Waals surface area contributed by atoms with Crippen LogP contribution in [0.15, 0.2) is 66.9 Å². The Balaban J connectivity index is 1.51. The lowest BCUT2D eigenvalue weighted by Gasteiger charge is -2.20. The SMILES string of the molecule is Cc1ccccc1CNC(=O)c1cc(N2CCc3ccccc32)ccn1. The molecule has 1 aromatic heterocycles. The van der Waals surface area contributed by atoms with Gasteiger partial charge in [-0.05, 0) is 48.2 Å². The molecule has 0 bridgehead atoms. The second-order valence-electron chi connectivity index (χ2n) is 6.54. The van der Waals surface area contributed by atoms with Crippen LogP contribution >= 0.6 is 0 Å². The third-order valence-electron chi connectivity index (χ3n) is 4.88. The van der Waals surface area contributed by atoms with Crippen LogP contribution in [0.25, 0.3) is 0 Å². The third-order valence-corrected chi connectivity index (χ3v) is 4.88. The zero-order valence-electron chi connectivity index (χ0n) is 14.8. The minimum Gasteiger partial charge on any atom is -0.347 e. The van der Waals surface area contributed by atoms with Crippen LogP contribution in [-0.4, -0.2) is 17.4 Å². The van der Waals surface area contributed by atoms with E-state index in [1.165, 1.54) is 16.8 Å². The summed E-state index contributed by atoms with van der Waals surface area (Å²) in [6.45, 7) is 3.47. The van der Waals surface area contributed by atoms with Crippen molar-refractivity contribution < 1.29 is 4.79 Å². The normalized spacial score (nSPS) is 12.7. The van der Waals surface area contributed by atoms with Crippen molar-refractivity contribution in [3.8, 4) is 0 Å². The van der Waals surface area contributed by atoms with E-state index >= 15 is 0 Å². The minimum atomic E-state index is -0.150. The van der Waals surface area contributed by atoms with Crippen molar-refractivity contribution >= 4 is 17.3 Å². The fourth-order valence-corrected chi connectivity index (χ4v) is 3.39. The van der Waals surface area contributed by atoms with Crippen LogP contribution in [0.4, 0.5) is 11.4 Å². The molecule has 2 aromatic carbocycles. The summed E-state index contributed by atoms with van der Waals surface area (Å²) < 4.78 is 0. The Morgan fingerprint density at radius 3 is 2.81 bits per heavy atom. The van der Waals surface area contributed by atoms with Crippen LogP contribution in [0.3, 0.4) is 0 Å². The molecule has 0 unspecified atom stereocenters. The van der Waals surface area contributed by atoms with Gasteiger partial charge in [0.1, 0.15) is 5.69 Å². The summed E-state index contributed by atoms with van der Waals surface area (Å²) in [6.07, 6.45) is 2.73. The first-order valence-corrected chi connectivity index (χ1v) is 8.86. The molecule has 4 nitrogen and oxygen atoms in total. The molecule has 2 heterocycles. The number of hydrogen-bond acceptors (Lipinski definition) is 3. The first-order chi connectivity index (χ1) is 12.7. The first kappa shape index (κ1) is 16.3. The fourth-order valence-electron chi connectivity index (χ4n) is 3.39. The highest BCUT2D eigenvalue weighted by molar-refractivity contribution is 5.93. The number of nitrogens with one attached hydrogen (secondary N) is 1. The van der Waals surface area contributed by atoms with Gasteiger partial charge in [-0.15, -0.1) is 0 Å². The van der Waals surface area contributed by atoms with Crippen LogP contribution in [0.2, 0.25) is 0 Å². The van der Waals surface area contributed by atoms with Gasteiger partial charge in [-0.25, -0.2) is 0 Å². The number of anilines is 2. The van der Waals surface area contributed by atoms with Gasteiger partial charge in [0.2, 0.25) is 0 Å². The van der Waals surface area contributed by atoms with Crippen LogP contribution in [-0.2, 0) is 13.0 Å². The molecule has 0 spiro atoms. The number of aryl methyl sites for hydroxylation is 1. The Morgan fingerprint density at radius 2 is 1.92 bits per heavy atom. The average Bonchev–Trinajstić information content (AvgIpc) is 3.11. The molecular weight excluding hydrogens is 322 g/mol. The molecule has 0 atom stereocenters. The maximum Gasteiger partial charge on any atom is 0.270 e. The van der Waals surface area contributed by atoms with Crippen molar-refractivity contribution in [3.63, 3.8) is 0 Å². The number of amides is 1. The van der Waals surface area contributed by atoms with E-state index in [9.17, 15) is 4.79 Å². The minimum absolute atomic E-state index is 0.150. The van der Waals surface area contributed by atoms with E-state index in [0.717, 1.165) is 24.2 Å². The van der Waals surface area contributed by atoms with Crippen LogP contribution in [0, 0.1) is 6.92 Å². The molecule has 0 saturated carbocycles. The van der Waals surface area contributed by atoms with E-state index in [4.69, 9.17) is 0 Å². The molecule has 4 rings (SSSR count). The molecule has 130 valence electrons. The highest BCUT2D eigenvalue weighted by atomic mass is 16.1. The van der Waals surface area contributed by atoms with E-state index in [2.05, 4.69) is 33.4 Å². The van der Waals surface area contributed by atoms with Crippen molar-refractivity contribution in [1.82, 2.24) is 10.3 Å². The molecule has 4 heteroatoms. The number of rotatable bonds is 4. The van der Waals surface area contributed by atoms with Crippen LogP contribution in [0.5, 0.6) is 0 Å². The summed E-state index contributed by atoms with van der Waals surface area (Å²) in [6, 6.07) is 20.3. The maximum atomic E-state index is 12.5. The predicted octanol–water partition coefficient (Wildman–Crippen LogP) is 4.01. The maximum absolute atomic E-state index is 12.5. The number of pyridine rings is 1. The summed E-state index contributed by atoms with van der Waals surface area (Å²) in [7, 11) is 0. The van der Waals surface area contributed by atoms with Gasteiger partial charge in [-0.2, -0.15) is 0 Å². The van der Waals surface area contributed by atoms with Gasteiger partial charge in [0, 0.05) is 30.7 Å². The molecule has 3 aromatic rings. The Hall–Kier alpha value is -3.14. The van der Waals surface area contributed by atoms with Crippen molar-refractivity contribution in [2.45, 2.75) is 19.9 Å². The molecule has 1 aliphatic heterocycles. The van der Waals surface area contributed by atoms with Crippen molar-refractivity contribution in [2.24, 2.45) is 0 Å². The standard InChI is InChI=1S/C22H21N3O/c1-16-6-2-3-8-18(16)15-24-22(26)20-14-19(10-12-23-20)25-13-11-17-7-4-5-9-21(17)25/h2-10,12,14H,11,13,15H2,1H3,(H,24,26). The molecule has 26 heavy (non-hydrogen) atoms. The Kier molecular flexibility index (Phi) is 4.40. The van der Waals surface area contributed by atoms with Crippen LogP contribution in [0.1, 0.15) is 27.2 Å².